The summed E-state index contributed by atoms with van der Waals surface area (Å²) in [6.45, 7) is 0. The second-order valence-corrected chi connectivity index (χ2v) is 12.0. The van der Waals surface area contributed by atoms with Crippen molar-refractivity contribution >= 4 is 43.9 Å². The van der Waals surface area contributed by atoms with Gasteiger partial charge in [0.05, 0.1) is 12.4 Å². The van der Waals surface area contributed by atoms with Gasteiger partial charge in [0.2, 0.25) is 0 Å². The Bertz CT molecular complexity index is 3130. The van der Waals surface area contributed by atoms with Crippen molar-refractivity contribution < 1.29 is 15.7 Å². The molecular formula is C45H27N3O2. The molecular weight excluding hydrogens is 615 g/mol. The van der Waals surface area contributed by atoms with Crippen molar-refractivity contribution in [3.8, 4) is 56.4 Å². The first-order valence-corrected chi connectivity index (χ1v) is 16.2. The van der Waals surface area contributed by atoms with Crippen LogP contribution in [-0.2, 0) is 0 Å². The molecule has 5 heteroatoms. The van der Waals surface area contributed by atoms with E-state index in [0.717, 1.165) is 55.0 Å². The third-order valence-electron chi connectivity index (χ3n) is 9.06. The molecule has 0 bridgehead atoms. The Morgan fingerprint density at radius 2 is 0.860 bits per heavy atom. The summed E-state index contributed by atoms with van der Waals surface area (Å²) in [4.78, 5) is 14.8. The Morgan fingerprint density at radius 1 is 0.360 bits per heavy atom. The van der Waals surface area contributed by atoms with Crippen LogP contribution in [0.25, 0.3) is 100 Å². The van der Waals surface area contributed by atoms with Crippen LogP contribution in [0.4, 0.5) is 0 Å². The summed E-state index contributed by atoms with van der Waals surface area (Å²) in [5.41, 5.74) is 7.59. The number of aromatic nitrogens is 3. The molecule has 10 rings (SSSR count). The van der Waals surface area contributed by atoms with Crippen molar-refractivity contribution in [2.45, 2.75) is 0 Å². The Balaban J connectivity index is 1.14. The van der Waals surface area contributed by atoms with Crippen LogP contribution in [0.5, 0.6) is 0 Å². The predicted octanol–water partition coefficient (Wildman–Crippen LogP) is 12.0. The standard InChI is InChI=1S/C45H27N3O2/c1-3-12-28(13-4-1)29-24-26-31(27-25-29)44-46-43(30-14-5-2-6-15-30)47-45(48-44)38-22-11-21-37-36-20-10-19-35(41(36)50-42(37)38)34-18-9-17-33-32-16-7-8-23-39(32)49-40(33)34/h1-27H/i1D,3D,4D,12D,13D. The van der Waals surface area contributed by atoms with Crippen LogP contribution in [0, 0.1) is 0 Å². The van der Waals surface area contributed by atoms with Crippen LogP contribution < -0.4 is 0 Å². The monoisotopic (exact) mass is 646 g/mol. The molecule has 3 aromatic heterocycles. The van der Waals surface area contributed by atoms with E-state index < -0.39 is 6.04 Å². The van der Waals surface area contributed by atoms with Gasteiger partial charge < -0.3 is 8.83 Å². The number of benzene rings is 7. The molecule has 0 N–H and O–H groups in total. The third-order valence-corrected chi connectivity index (χ3v) is 9.06. The Kier molecular flexibility index (Phi) is 5.35. The van der Waals surface area contributed by atoms with E-state index in [1.807, 2.05) is 78.9 Å². The van der Waals surface area contributed by atoms with E-state index in [2.05, 4.69) is 30.3 Å². The van der Waals surface area contributed by atoms with Crippen molar-refractivity contribution in [2.24, 2.45) is 0 Å². The normalized spacial score (nSPS) is 13.0. The fraction of sp³-hybridized carbons (Fsp3) is 0. The average molecular weight is 647 g/mol. The van der Waals surface area contributed by atoms with Gasteiger partial charge in [-0.25, -0.2) is 15.0 Å². The first kappa shape index (κ1) is 23.5. The first-order chi connectivity index (χ1) is 26.9. The lowest BCUT2D eigenvalue weighted by molar-refractivity contribution is 0.665. The maximum absolute atomic E-state index is 8.45. The summed E-state index contributed by atoms with van der Waals surface area (Å²) >= 11 is 0. The summed E-state index contributed by atoms with van der Waals surface area (Å²) in [6.07, 6.45) is 0. The molecule has 5 nitrogen and oxygen atoms in total. The quantitative estimate of drug-likeness (QED) is 0.186. The largest absolute Gasteiger partial charge is 0.455 e. The van der Waals surface area contributed by atoms with Gasteiger partial charge in [0, 0.05) is 43.8 Å². The number of hydrogen-bond acceptors (Lipinski definition) is 5. The molecule has 234 valence electrons. The molecule has 0 amide bonds. The van der Waals surface area contributed by atoms with Crippen molar-refractivity contribution in [1.82, 2.24) is 15.0 Å². The lowest BCUT2D eigenvalue weighted by Crippen LogP contribution is -2.00. The summed E-state index contributed by atoms with van der Waals surface area (Å²) < 4.78 is 54.4. The van der Waals surface area contributed by atoms with Gasteiger partial charge >= 0.3 is 0 Å². The van der Waals surface area contributed by atoms with E-state index in [4.69, 9.17) is 30.6 Å². The Labute approximate surface area is 294 Å². The lowest BCUT2D eigenvalue weighted by Gasteiger charge is -2.09. The molecule has 0 fully saturated rings. The summed E-state index contributed by atoms with van der Waals surface area (Å²) in [5, 5.41) is 3.96. The zero-order valence-corrected chi connectivity index (χ0v) is 26.4. The molecule has 0 aliphatic carbocycles. The van der Waals surface area contributed by atoms with Crippen molar-refractivity contribution in [3.05, 3.63) is 164 Å². The van der Waals surface area contributed by atoms with Crippen molar-refractivity contribution in [1.29, 1.82) is 0 Å². The molecule has 50 heavy (non-hydrogen) atoms. The number of hydrogen-bond donors (Lipinski definition) is 0. The van der Waals surface area contributed by atoms with Crippen LogP contribution in [0.2, 0.25) is 0 Å². The lowest BCUT2D eigenvalue weighted by atomic mass is 9.99. The van der Waals surface area contributed by atoms with E-state index in [9.17, 15) is 0 Å². The molecule has 0 saturated heterocycles. The minimum absolute atomic E-state index is 0.131. The van der Waals surface area contributed by atoms with Gasteiger partial charge in [0.25, 0.3) is 0 Å². The van der Waals surface area contributed by atoms with E-state index >= 15 is 0 Å². The van der Waals surface area contributed by atoms with Gasteiger partial charge in [-0.1, -0.05) is 152 Å². The molecule has 7 aromatic carbocycles. The zero-order chi connectivity index (χ0) is 37.4. The Hall–Kier alpha value is -6.85. The number of nitrogens with zero attached hydrogens (tertiary/aromatic N) is 3. The van der Waals surface area contributed by atoms with Gasteiger partial charge in [-0.3, -0.25) is 0 Å². The highest BCUT2D eigenvalue weighted by Gasteiger charge is 2.21. The topological polar surface area (TPSA) is 65.0 Å². The van der Waals surface area contributed by atoms with E-state index in [1.165, 1.54) is 0 Å². The molecule has 0 spiro atoms. The van der Waals surface area contributed by atoms with Gasteiger partial charge in [-0.05, 0) is 23.3 Å². The van der Waals surface area contributed by atoms with E-state index in [0.29, 0.717) is 39.7 Å². The molecule has 3 heterocycles. The highest BCUT2D eigenvalue weighted by atomic mass is 16.3. The molecule has 0 atom stereocenters. The molecule has 0 aliphatic heterocycles. The number of para-hydroxylation sites is 4. The average Bonchev–Trinajstić information content (AvgIpc) is 3.82. The number of fused-ring (bicyclic) bond motifs is 6. The first-order valence-electron chi connectivity index (χ1n) is 18.7. The van der Waals surface area contributed by atoms with Gasteiger partial charge in [-0.2, -0.15) is 0 Å². The maximum Gasteiger partial charge on any atom is 0.167 e. The molecule has 0 radical (unpaired) electrons. The number of rotatable bonds is 5. The van der Waals surface area contributed by atoms with Crippen LogP contribution >= 0.6 is 0 Å². The summed E-state index contributed by atoms with van der Waals surface area (Å²) in [6, 6.07) is 41.3. The van der Waals surface area contributed by atoms with Crippen molar-refractivity contribution in [3.63, 3.8) is 0 Å². The smallest absolute Gasteiger partial charge is 0.167 e. The fourth-order valence-electron chi connectivity index (χ4n) is 6.69. The van der Waals surface area contributed by atoms with Crippen LogP contribution in [0.3, 0.4) is 0 Å². The molecule has 10 aromatic rings. The molecule has 0 saturated carbocycles. The maximum atomic E-state index is 8.45. The third kappa shape index (κ3) is 4.60. The second kappa shape index (κ2) is 11.4. The second-order valence-electron chi connectivity index (χ2n) is 12.0. The highest BCUT2D eigenvalue weighted by molar-refractivity contribution is 6.16. The summed E-state index contributed by atoms with van der Waals surface area (Å²) in [5.74, 6) is 1.30. The Morgan fingerprint density at radius 3 is 1.56 bits per heavy atom. The molecule has 0 aliphatic rings. The van der Waals surface area contributed by atoms with Crippen molar-refractivity contribution in [2.75, 3.05) is 0 Å². The predicted molar refractivity (Wildman–Crippen MR) is 202 cm³/mol. The van der Waals surface area contributed by atoms with E-state index in [1.54, 1.807) is 24.3 Å². The van der Waals surface area contributed by atoms with Gasteiger partial charge in [0.1, 0.15) is 22.3 Å². The van der Waals surface area contributed by atoms with Crippen LogP contribution in [0.1, 0.15) is 6.85 Å². The highest BCUT2D eigenvalue weighted by Crippen LogP contribution is 2.43. The summed E-state index contributed by atoms with van der Waals surface area (Å²) in [7, 11) is 0. The number of furan rings is 2. The zero-order valence-electron chi connectivity index (χ0n) is 31.4. The van der Waals surface area contributed by atoms with Crippen LogP contribution in [-0.4, -0.2) is 15.0 Å². The van der Waals surface area contributed by atoms with E-state index in [-0.39, 0.29) is 29.7 Å². The minimum Gasteiger partial charge on any atom is -0.455 e. The molecule has 0 unspecified atom stereocenters. The fourth-order valence-corrected chi connectivity index (χ4v) is 6.69. The SMILES string of the molecule is [2H]c1c([2H])c([2H])c(-c2ccc(-c3nc(-c4ccccc4)nc(-c4cccc5c4oc4c(-c6cccc7c6oc6ccccc67)cccc45)n3)cc2)c([2H])c1[2H]. The van der Waals surface area contributed by atoms with Gasteiger partial charge in [0.15, 0.2) is 17.5 Å². The van der Waals surface area contributed by atoms with Gasteiger partial charge in [-0.15, -0.1) is 0 Å². The minimum atomic E-state index is -0.430. The van der Waals surface area contributed by atoms with Crippen LogP contribution in [0.15, 0.2) is 173 Å².